The van der Waals surface area contributed by atoms with Crippen LogP contribution in [-0.4, -0.2) is 19.1 Å². The molecule has 2 atom stereocenters. The number of nitrogens with zero attached hydrogens (tertiary/aromatic N) is 4. The van der Waals surface area contributed by atoms with Gasteiger partial charge in [0.1, 0.15) is 0 Å². The normalized spacial score (nSPS) is 22.6. The van der Waals surface area contributed by atoms with Gasteiger partial charge in [-0.15, -0.1) is 0 Å². The van der Waals surface area contributed by atoms with Crippen molar-refractivity contribution in [3.05, 3.63) is 60.2 Å². The van der Waals surface area contributed by atoms with E-state index in [9.17, 15) is 0 Å². The third kappa shape index (κ3) is 3.46. The minimum atomic E-state index is 0.538. The van der Waals surface area contributed by atoms with E-state index in [0.29, 0.717) is 18.0 Å². The Morgan fingerprint density at radius 3 is 2.29 bits per heavy atom. The quantitative estimate of drug-likeness (QED) is 0.370. The first-order valence-corrected chi connectivity index (χ1v) is 12.1. The summed E-state index contributed by atoms with van der Waals surface area (Å²) in [5.74, 6) is 0.659. The summed E-state index contributed by atoms with van der Waals surface area (Å²) in [6, 6.07) is 14.8. The molecular weight excluding hydrogens is 380 g/mol. The van der Waals surface area contributed by atoms with Crippen LogP contribution in [0, 0.1) is 12.8 Å². The first-order chi connectivity index (χ1) is 15.3. The molecule has 0 spiro atoms. The molecule has 0 amide bonds. The van der Waals surface area contributed by atoms with Crippen molar-refractivity contribution in [2.45, 2.75) is 76.8 Å². The average molecular weight is 413 g/mol. The molecule has 0 radical (unpaired) electrons. The molecule has 2 fully saturated rings. The Morgan fingerprint density at radius 1 is 0.774 bits per heavy atom. The van der Waals surface area contributed by atoms with E-state index < -0.39 is 0 Å². The average Bonchev–Trinajstić information content (AvgIpc) is 3.53. The fourth-order valence-corrected chi connectivity index (χ4v) is 6.17. The molecule has 2 aliphatic rings. The molecule has 160 valence electrons. The van der Waals surface area contributed by atoms with E-state index in [2.05, 4.69) is 65.1 Å². The summed E-state index contributed by atoms with van der Waals surface area (Å²) in [5, 5.41) is 0. The zero-order valence-corrected chi connectivity index (χ0v) is 18.5. The molecule has 4 heteroatoms. The molecule has 0 saturated heterocycles. The summed E-state index contributed by atoms with van der Waals surface area (Å²) in [5.41, 5.74) is 7.67. The predicted octanol–water partition coefficient (Wildman–Crippen LogP) is 6.78. The first-order valence-electron chi connectivity index (χ1n) is 12.1. The van der Waals surface area contributed by atoms with Crippen molar-refractivity contribution in [1.82, 2.24) is 19.1 Å². The molecular formula is C27H32N4. The minimum Gasteiger partial charge on any atom is -0.327 e. The molecule has 2 unspecified atom stereocenters. The summed E-state index contributed by atoms with van der Waals surface area (Å²) in [6.07, 6.45) is 15.8. The van der Waals surface area contributed by atoms with Gasteiger partial charge in [-0.25, -0.2) is 9.97 Å². The maximum absolute atomic E-state index is 4.72. The van der Waals surface area contributed by atoms with Crippen molar-refractivity contribution < 1.29 is 0 Å². The summed E-state index contributed by atoms with van der Waals surface area (Å²) < 4.78 is 4.93. The van der Waals surface area contributed by atoms with Gasteiger partial charge < -0.3 is 9.13 Å². The monoisotopic (exact) mass is 412 g/mol. The van der Waals surface area contributed by atoms with Crippen LogP contribution in [0.15, 0.2) is 49.1 Å². The highest BCUT2D eigenvalue weighted by Gasteiger charge is 2.28. The van der Waals surface area contributed by atoms with Crippen LogP contribution in [0.25, 0.3) is 22.1 Å². The Morgan fingerprint density at radius 2 is 1.45 bits per heavy atom. The molecule has 31 heavy (non-hydrogen) atoms. The highest BCUT2D eigenvalue weighted by Crippen LogP contribution is 2.39. The largest absolute Gasteiger partial charge is 0.327 e. The van der Waals surface area contributed by atoms with Crippen LogP contribution in [0.4, 0.5) is 0 Å². The number of hydrogen-bond acceptors (Lipinski definition) is 2. The third-order valence-corrected chi connectivity index (χ3v) is 7.81. The van der Waals surface area contributed by atoms with Gasteiger partial charge in [-0.3, -0.25) is 0 Å². The maximum Gasteiger partial charge on any atom is 0.0961 e. The van der Waals surface area contributed by atoms with Crippen molar-refractivity contribution in [1.29, 1.82) is 0 Å². The Bertz CT molecular complexity index is 1210. The van der Waals surface area contributed by atoms with Crippen LogP contribution in [0.2, 0.25) is 0 Å². The Hall–Kier alpha value is -2.62. The molecule has 0 bridgehead atoms. The van der Waals surface area contributed by atoms with Gasteiger partial charge in [0, 0.05) is 12.1 Å². The molecule has 2 heterocycles. The zero-order valence-electron chi connectivity index (χ0n) is 18.5. The highest BCUT2D eigenvalue weighted by molar-refractivity contribution is 5.77. The topological polar surface area (TPSA) is 35.6 Å². The number of fused-ring (bicyclic) bond motifs is 2. The molecule has 0 N–H and O–H groups in total. The summed E-state index contributed by atoms with van der Waals surface area (Å²) in [6.45, 7) is 2.18. The second-order valence-electron chi connectivity index (χ2n) is 9.87. The molecule has 0 aliphatic heterocycles. The third-order valence-electron chi connectivity index (χ3n) is 7.81. The van der Waals surface area contributed by atoms with Crippen molar-refractivity contribution >= 4 is 22.1 Å². The van der Waals surface area contributed by atoms with E-state index in [1.54, 1.807) is 0 Å². The standard InChI is InChI=1S/C27H32N4/c1-19-10-12-23-26(14-19)31(18-29-23)25-9-5-2-6-21(25)15-20-11-13-24-27(16-20)30(17-28-24)22-7-3-4-8-22/h10-14,16-18,21-22,25H,2-9,15H2,1H3. The van der Waals surface area contributed by atoms with Gasteiger partial charge in [0.15, 0.2) is 0 Å². The van der Waals surface area contributed by atoms with Gasteiger partial charge in [-0.2, -0.15) is 0 Å². The van der Waals surface area contributed by atoms with Gasteiger partial charge in [0.05, 0.1) is 34.7 Å². The van der Waals surface area contributed by atoms with E-state index in [1.807, 2.05) is 0 Å². The van der Waals surface area contributed by atoms with Gasteiger partial charge in [-0.1, -0.05) is 37.8 Å². The molecule has 4 aromatic rings. The summed E-state index contributed by atoms with van der Waals surface area (Å²) in [7, 11) is 0. The number of rotatable bonds is 4. The van der Waals surface area contributed by atoms with Crippen molar-refractivity contribution in [3.8, 4) is 0 Å². The lowest BCUT2D eigenvalue weighted by Gasteiger charge is -2.33. The fourth-order valence-electron chi connectivity index (χ4n) is 6.17. The van der Waals surface area contributed by atoms with Gasteiger partial charge in [0.25, 0.3) is 0 Å². The van der Waals surface area contributed by atoms with Gasteiger partial charge in [-0.05, 0) is 80.3 Å². The Labute approximate surface area is 184 Å². The van der Waals surface area contributed by atoms with E-state index in [1.165, 1.54) is 73.5 Å². The first kappa shape index (κ1) is 19.1. The Balaban J connectivity index is 1.32. The number of benzene rings is 2. The number of imidazole rings is 2. The molecule has 2 aliphatic carbocycles. The minimum absolute atomic E-state index is 0.538. The lowest BCUT2D eigenvalue weighted by molar-refractivity contribution is 0.241. The predicted molar refractivity (Wildman–Crippen MR) is 126 cm³/mol. The van der Waals surface area contributed by atoms with Crippen LogP contribution in [0.5, 0.6) is 0 Å². The van der Waals surface area contributed by atoms with E-state index >= 15 is 0 Å². The summed E-state index contributed by atoms with van der Waals surface area (Å²) >= 11 is 0. The molecule has 4 nitrogen and oxygen atoms in total. The summed E-state index contributed by atoms with van der Waals surface area (Å²) in [4.78, 5) is 9.42. The number of aromatic nitrogens is 4. The molecule has 6 rings (SSSR count). The van der Waals surface area contributed by atoms with Crippen molar-refractivity contribution in [3.63, 3.8) is 0 Å². The van der Waals surface area contributed by atoms with Crippen LogP contribution in [-0.2, 0) is 6.42 Å². The van der Waals surface area contributed by atoms with Crippen molar-refractivity contribution in [2.24, 2.45) is 5.92 Å². The molecule has 2 saturated carbocycles. The van der Waals surface area contributed by atoms with Crippen molar-refractivity contribution in [2.75, 3.05) is 0 Å². The maximum atomic E-state index is 4.72. The lowest BCUT2D eigenvalue weighted by atomic mass is 9.80. The second-order valence-corrected chi connectivity index (χ2v) is 9.87. The van der Waals surface area contributed by atoms with Crippen LogP contribution in [0.1, 0.15) is 74.6 Å². The Kier molecular flexibility index (Phi) is 4.81. The van der Waals surface area contributed by atoms with Gasteiger partial charge in [0.2, 0.25) is 0 Å². The lowest BCUT2D eigenvalue weighted by Crippen LogP contribution is -2.24. The second kappa shape index (κ2) is 7.81. The van der Waals surface area contributed by atoms with E-state index in [4.69, 9.17) is 9.97 Å². The molecule has 2 aromatic heterocycles. The van der Waals surface area contributed by atoms with Crippen LogP contribution in [0.3, 0.4) is 0 Å². The zero-order chi connectivity index (χ0) is 20.8. The number of aryl methyl sites for hydroxylation is 1. The fraction of sp³-hybridized carbons (Fsp3) is 0.481. The van der Waals surface area contributed by atoms with Gasteiger partial charge >= 0.3 is 0 Å². The number of hydrogen-bond donors (Lipinski definition) is 0. The molecule has 2 aromatic carbocycles. The van der Waals surface area contributed by atoms with E-state index in [-0.39, 0.29) is 0 Å². The van der Waals surface area contributed by atoms with Crippen LogP contribution < -0.4 is 0 Å². The van der Waals surface area contributed by atoms with E-state index in [0.717, 1.165) is 17.5 Å². The van der Waals surface area contributed by atoms with Crippen LogP contribution >= 0.6 is 0 Å². The highest BCUT2D eigenvalue weighted by atomic mass is 15.1. The smallest absolute Gasteiger partial charge is 0.0961 e. The SMILES string of the molecule is Cc1ccc2ncn(C3CCCCC3Cc3ccc4ncn(C5CCCC5)c4c3)c2c1.